The number of methoxy groups -OCH3 is 1. The molecule has 2 aromatic rings. The summed E-state index contributed by atoms with van der Waals surface area (Å²) in [7, 11) is 1.57. The minimum Gasteiger partial charge on any atom is -0.497 e. The summed E-state index contributed by atoms with van der Waals surface area (Å²) in [5.74, 6) is -0.348. The van der Waals surface area contributed by atoms with E-state index in [-0.39, 0.29) is 24.6 Å². The number of aromatic nitrogens is 2. The molecule has 1 aliphatic rings. The van der Waals surface area contributed by atoms with Gasteiger partial charge in [-0.3, -0.25) is 0 Å². The number of rotatable bonds is 4. The highest BCUT2D eigenvalue weighted by Crippen LogP contribution is 2.25. The minimum atomic E-state index is -0.536. The molecule has 2 heterocycles. The molecule has 0 fully saturated rings. The van der Waals surface area contributed by atoms with Crippen LogP contribution in [0.25, 0.3) is 5.69 Å². The largest absolute Gasteiger partial charge is 0.497 e. The lowest BCUT2D eigenvalue weighted by Crippen LogP contribution is -2.21. The lowest BCUT2D eigenvalue weighted by molar-refractivity contribution is 0.0468. The molecular formula is C16H16N2O5. The Kier molecular flexibility index (Phi) is 4.01. The van der Waals surface area contributed by atoms with Crippen LogP contribution >= 0.6 is 0 Å². The molecule has 1 aliphatic heterocycles. The van der Waals surface area contributed by atoms with Gasteiger partial charge in [0.2, 0.25) is 0 Å². The molecule has 23 heavy (non-hydrogen) atoms. The first-order valence-electron chi connectivity index (χ1n) is 7.26. The van der Waals surface area contributed by atoms with Gasteiger partial charge in [0.05, 0.1) is 26.0 Å². The standard InChI is InChI=1S/C16H16N2O5/c1-3-22-15(19)13-12-8-9-23-16(20)14(12)18(17-13)10-4-6-11(21-2)7-5-10/h4-7H,3,8-9H2,1-2H3. The van der Waals surface area contributed by atoms with Crippen molar-refractivity contribution in [1.82, 2.24) is 9.78 Å². The zero-order valence-corrected chi connectivity index (χ0v) is 12.9. The zero-order chi connectivity index (χ0) is 16.4. The summed E-state index contributed by atoms with van der Waals surface area (Å²) in [5, 5.41) is 4.29. The normalized spacial score (nSPS) is 13.2. The number of ether oxygens (including phenoxy) is 3. The van der Waals surface area contributed by atoms with Crippen molar-refractivity contribution >= 4 is 11.9 Å². The number of benzene rings is 1. The summed E-state index contributed by atoms with van der Waals surface area (Å²) in [4.78, 5) is 24.2. The Hall–Kier alpha value is -2.83. The smallest absolute Gasteiger partial charge is 0.359 e. The second kappa shape index (κ2) is 6.12. The lowest BCUT2D eigenvalue weighted by atomic mass is 10.1. The van der Waals surface area contributed by atoms with Gasteiger partial charge < -0.3 is 14.2 Å². The van der Waals surface area contributed by atoms with Crippen molar-refractivity contribution < 1.29 is 23.8 Å². The molecule has 1 aromatic heterocycles. The number of carbonyl (C=O) groups excluding carboxylic acids is 2. The summed E-state index contributed by atoms with van der Waals surface area (Å²) >= 11 is 0. The molecule has 0 radical (unpaired) electrons. The fraction of sp³-hybridized carbons (Fsp3) is 0.312. The van der Waals surface area contributed by atoms with E-state index in [0.29, 0.717) is 23.4 Å². The number of esters is 2. The average Bonchev–Trinajstić information content (AvgIpc) is 2.96. The SMILES string of the molecule is CCOC(=O)c1nn(-c2ccc(OC)cc2)c2c1CCOC2=O. The van der Waals surface area contributed by atoms with E-state index in [4.69, 9.17) is 14.2 Å². The summed E-state index contributed by atoms with van der Waals surface area (Å²) in [6, 6.07) is 7.01. The highest BCUT2D eigenvalue weighted by atomic mass is 16.5. The Balaban J connectivity index is 2.12. The average molecular weight is 316 g/mol. The number of carbonyl (C=O) groups is 2. The Morgan fingerprint density at radius 1 is 1.35 bits per heavy atom. The summed E-state index contributed by atoms with van der Waals surface area (Å²) < 4.78 is 16.7. The molecule has 0 unspecified atom stereocenters. The minimum absolute atomic E-state index is 0.161. The predicted octanol–water partition coefficient (Wildman–Crippen LogP) is 1.77. The molecule has 0 saturated carbocycles. The van der Waals surface area contributed by atoms with Crippen molar-refractivity contribution in [3.05, 3.63) is 41.2 Å². The molecular weight excluding hydrogens is 300 g/mol. The predicted molar refractivity (Wildman–Crippen MR) is 80.1 cm³/mol. The van der Waals surface area contributed by atoms with Crippen molar-refractivity contribution in [2.75, 3.05) is 20.3 Å². The van der Waals surface area contributed by atoms with Crippen LogP contribution in [0.3, 0.4) is 0 Å². The van der Waals surface area contributed by atoms with Gasteiger partial charge in [0, 0.05) is 12.0 Å². The molecule has 0 N–H and O–H groups in total. The molecule has 0 amide bonds. The maximum atomic E-state index is 12.1. The first-order chi connectivity index (χ1) is 11.2. The Morgan fingerprint density at radius 3 is 2.74 bits per heavy atom. The van der Waals surface area contributed by atoms with Crippen molar-refractivity contribution in [2.24, 2.45) is 0 Å². The Labute approximate surface area is 132 Å². The summed E-state index contributed by atoms with van der Waals surface area (Å²) in [6.07, 6.45) is 0.436. The van der Waals surface area contributed by atoms with Gasteiger partial charge >= 0.3 is 11.9 Å². The molecule has 1 aromatic carbocycles. The van der Waals surface area contributed by atoms with E-state index < -0.39 is 11.9 Å². The van der Waals surface area contributed by atoms with Crippen molar-refractivity contribution in [3.8, 4) is 11.4 Å². The first kappa shape index (κ1) is 15.1. The second-order valence-corrected chi connectivity index (χ2v) is 4.89. The molecule has 0 bridgehead atoms. The Morgan fingerprint density at radius 2 is 2.09 bits per heavy atom. The summed E-state index contributed by atoms with van der Waals surface area (Å²) in [5.41, 5.74) is 1.63. The van der Waals surface area contributed by atoms with E-state index in [1.807, 2.05) is 0 Å². The second-order valence-electron chi connectivity index (χ2n) is 4.89. The molecule has 7 heteroatoms. The summed E-state index contributed by atoms with van der Waals surface area (Å²) in [6.45, 7) is 2.19. The topological polar surface area (TPSA) is 79.7 Å². The van der Waals surface area contributed by atoms with Gasteiger partial charge in [-0.15, -0.1) is 0 Å². The van der Waals surface area contributed by atoms with Crippen LogP contribution in [0, 0.1) is 0 Å². The molecule has 120 valence electrons. The van der Waals surface area contributed by atoms with Gasteiger partial charge in [0.1, 0.15) is 5.75 Å². The van der Waals surface area contributed by atoms with Crippen LogP contribution in [0.1, 0.15) is 33.5 Å². The van der Waals surface area contributed by atoms with Crippen LogP contribution in [0.4, 0.5) is 0 Å². The van der Waals surface area contributed by atoms with Gasteiger partial charge in [0.15, 0.2) is 11.4 Å². The number of hydrogen-bond acceptors (Lipinski definition) is 6. The van der Waals surface area contributed by atoms with Crippen LogP contribution in [0.2, 0.25) is 0 Å². The lowest BCUT2D eigenvalue weighted by Gasteiger charge is -2.14. The highest BCUT2D eigenvalue weighted by molar-refractivity contribution is 5.97. The number of fused-ring (bicyclic) bond motifs is 1. The van der Waals surface area contributed by atoms with Gasteiger partial charge in [-0.25, -0.2) is 14.3 Å². The molecule has 0 saturated heterocycles. The van der Waals surface area contributed by atoms with E-state index >= 15 is 0 Å². The van der Waals surface area contributed by atoms with Gasteiger partial charge in [-0.1, -0.05) is 0 Å². The van der Waals surface area contributed by atoms with Crippen LogP contribution in [0.5, 0.6) is 5.75 Å². The van der Waals surface area contributed by atoms with E-state index in [1.165, 1.54) is 4.68 Å². The third kappa shape index (κ3) is 2.65. The van der Waals surface area contributed by atoms with Crippen molar-refractivity contribution in [1.29, 1.82) is 0 Å². The maximum absolute atomic E-state index is 12.1. The number of cyclic esters (lactones) is 1. The van der Waals surface area contributed by atoms with Crippen LogP contribution in [-0.2, 0) is 15.9 Å². The van der Waals surface area contributed by atoms with Gasteiger partial charge in [-0.2, -0.15) is 5.10 Å². The molecule has 0 aliphatic carbocycles. The van der Waals surface area contributed by atoms with Gasteiger partial charge in [-0.05, 0) is 31.2 Å². The number of hydrogen-bond donors (Lipinski definition) is 0. The fourth-order valence-corrected chi connectivity index (χ4v) is 2.48. The van der Waals surface area contributed by atoms with Crippen LogP contribution < -0.4 is 4.74 Å². The Bertz CT molecular complexity index is 749. The molecule has 0 spiro atoms. The van der Waals surface area contributed by atoms with E-state index in [1.54, 1.807) is 38.3 Å². The maximum Gasteiger partial charge on any atom is 0.359 e. The van der Waals surface area contributed by atoms with Crippen molar-refractivity contribution in [2.45, 2.75) is 13.3 Å². The molecule has 7 nitrogen and oxygen atoms in total. The third-order valence-corrected chi connectivity index (χ3v) is 3.55. The monoisotopic (exact) mass is 316 g/mol. The fourth-order valence-electron chi connectivity index (χ4n) is 2.48. The van der Waals surface area contributed by atoms with E-state index in [2.05, 4.69) is 5.10 Å². The quantitative estimate of drug-likeness (QED) is 0.800. The van der Waals surface area contributed by atoms with E-state index in [0.717, 1.165) is 0 Å². The highest BCUT2D eigenvalue weighted by Gasteiger charge is 2.32. The molecule has 0 atom stereocenters. The van der Waals surface area contributed by atoms with Crippen LogP contribution in [0.15, 0.2) is 24.3 Å². The van der Waals surface area contributed by atoms with Gasteiger partial charge in [0.25, 0.3) is 0 Å². The first-order valence-corrected chi connectivity index (χ1v) is 7.26. The van der Waals surface area contributed by atoms with Crippen LogP contribution in [-0.4, -0.2) is 42.0 Å². The molecule has 3 rings (SSSR count). The zero-order valence-electron chi connectivity index (χ0n) is 12.9. The van der Waals surface area contributed by atoms with Crippen molar-refractivity contribution in [3.63, 3.8) is 0 Å². The van der Waals surface area contributed by atoms with E-state index in [9.17, 15) is 9.59 Å². The number of nitrogens with zero attached hydrogens (tertiary/aromatic N) is 2. The third-order valence-electron chi connectivity index (χ3n) is 3.55.